The molecule has 1 N–H and O–H groups in total. The van der Waals surface area contributed by atoms with E-state index in [2.05, 4.69) is 5.32 Å². The van der Waals surface area contributed by atoms with Crippen LogP contribution in [0.4, 0.5) is 0 Å². The van der Waals surface area contributed by atoms with Gasteiger partial charge in [0.15, 0.2) is 0 Å². The van der Waals surface area contributed by atoms with Gasteiger partial charge >= 0.3 is 0 Å². The summed E-state index contributed by atoms with van der Waals surface area (Å²) in [6.45, 7) is 0.926. The average molecular weight is 295 g/mol. The second-order valence-corrected chi connectivity index (χ2v) is 6.52. The molecule has 2 aliphatic carbocycles. The van der Waals surface area contributed by atoms with Gasteiger partial charge in [-0.15, -0.1) is 0 Å². The molecule has 2 fully saturated rings. The van der Waals surface area contributed by atoms with Crippen LogP contribution in [-0.2, 0) is 9.59 Å². The number of hydrogen-bond acceptors (Lipinski definition) is 3. The maximum Gasteiger partial charge on any atom is 0.242 e. The molecule has 21 heavy (non-hydrogen) atoms. The number of likely N-dealkylation sites (N-methyl/N-ethyl adjacent to an activating group) is 2. The highest BCUT2D eigenvalue weighted by Gasteiger charge is 2.24. The molecule has 2 amide bonds. The SMILES string of the molecule is CN(CC(=O)N(C)C1CCCCC1)C(=O)CCNC1CC1. The maximum absolute atomic E-state index is 12.3. The minimum atomic E-state index is 0.0496. The van der Waals surface area contributed by atoms with Crippen molar-refractivity contribution in [2.45, 2.75) is 63.5 Å². The third-order valence-corrected chi connectivity index (χ3v) is 4.66. The predicted molar refractivity (Wildman–Crippen MR) is 82.9 cm³/mol. The number of amides is 2. The molecule has 0 aromatic heterocycles. The standard InChI is InChI=1S/C16H29N3O2/c1-18(15(20)10-11-17-13-8-9-13)12-16(21)19(2)14-6-4-3-5-7-14/h13-14,17H,3-12H2,1-2H3. The molecular weight excluding hydrogens is 266 g/mol. The summed E-state index contributed by atoms with van der Waals surface area (Å²) in [5, 5.41) is 3.33. The Morgan fingerprint density at radius 1 is 1.00 bits per heavy atom. The molecule has 120 valence electrons. The van der Waals surface area contributed by atoms with Crippen molar-refractivity contribution >= 4 is 11.8 Å². The third kappa shape index (κ3) is 5.30. The summed E-state index contributed by atoms with van der Waals surface area (Å²) in [4.78, 5) is 27.7. The Morgan fingerprint density at radius 3 is 2.29 bits per heavy atom. The predicted octanol–water partition coefficient (Wildman–Crippen LogP) is 1.38. The van der Waals surface area contributed by atoms with Gasteiger partial charge in [0.1, 0.15) is 0 Å². The van der Waals surface area contributed by atoms with Crippen LogP contribution in [0, 0.1) is 0 Å². The van der Waals surface area contributed by atoms with E-state index in [0.717, 1.165) is 19.4 Å². The summed E-state index contributed by atoms with van der Waals surface area (Å²) in [5.74, 6) is 0.112. The van der Waals surface area contributed by atoms with E-state index >= 15 is 0 Å². The zero-order valence-electron chi connectivity index (χ0n) is 13.4. The van der Waals surface area contributed by atoms with Gasteiger partial charge in [-0.25, -0.2) is 0 Å². The molecular formula is C16H29N3O2. The number of rotatable bonds is 7. The van der Waals surface area contributed by atoms with Gasteiger partial charge in [0.25, 0.3) is 0 Å². The number of carbonyl (C=O) groups is 2. The van der Waals surface area contributed by atoms with E-state index in [-0.39, 0.29) is 18.4 Å². The van der Waals surface area contributed by atoms with Crippen LogP contribution in [0.5, 0.6) is 0 Å². The quantitative estimate of drug-likeness (QED) is 0.772. The first kappa shape index (κ1) is 16.3. The van der Waals surface area contributed by atoms with E-state index < -0.39 is 0 Å². The van der Waals surface area contributed by atoms with Crippen molar-refractivity contribution < 1.29 is 9.59 Å². The molecule has 0 unspecified atom stereocenters. The van der Waals surface area contributed by atoms with E-state index in [1.165, 1.54) is 32.1 Å². The molecule has 0 aromatic rings. The smallest absolute Gasteiger partial charge is 0.242 e. The second kappa shape index (κ2) is 7.78. The van der Waals surface area contributed by atoms with Crippen LogP contribution in [0.25, 0.3) is 0 Å². The fourth-order valence-electron chi connectivity index (χ4n) is 2.94. The van der Waals surface area contributed by atoms with Crippen molar-refractivity contribution in [3.8, 4) is 0 Å². The average Bonchev–Trinajstić information content (AvgIpc) is 3.31. The Balaban J connectivity index is 1.67. The lowest BCUT2D eigenvalue weighted by molar-refractivity contribution is -0.140. The summed E-state index contributed by atoms with van der Waals surface area (Å²) in [7, 11) is 3.61. The van der Waals surface area contributed by atoms with Crippen molar-refractivity contribution in [1.82, 2.24) is 15.1 Å². The van der Waals surface area contributed by atoms with Gasteiger partial charge < -0.3 is 15.1 Å². The Bertz CT molecular complexity index is 363. The molecule has 2 rings (SSSR count). The Hall–Kier alpha value is -1.10. The van der Waals surface area contributed by atoms with E-state index in [1.807, 2.05) is 11.9 Å². The van der Waals surface area contributed by atoms with E-state index in [9.17, 15) is 9.59 Å². The normalized spacial score (nSPS) is 19.3. The lowest BCUT2D eigenvalue weighted by atomic mass is 9.94. The number of nitrogens with zero attached hydrogens (tertiary/aromatic N) is 2. The van der Waals surface area contributed by atoms with Crippen LogP contribution in [0.2, 0.25) is 0 Å². The number of nitrogens with one attached hydrogen (secondary N) is 1. The molecule has 0 bridgehead atoms. The lowest BCUT2D eigenvalue weighted by Gasteiger charge is -2.32. The minimum absolute atomic E-state index is 0.0496. The summed E-state index contributed by atoms with van der Waals surface area (Å²) in [6, 6.07) is 0.994. The first-order valence-electron chi connectivity index (χ1n) is 8.31. The zero-order chi connectivity index (χ0) is 15.2. The summed E-state index contributed by atoms with van der Waals surface area (Å²) in [5.41, 5.74) is 0. The first-order valence-corrected chi connectivity index (χ1v) is 8.31. The minimum Gasteiger partial charge on any atom is -0.341 e. The maximum atomic E-state index is 12.3. The highest BCUT2D eigenvalue weighted by atomic mass is 16.2. The van der Waals surface area contributed by atoms with Gasteiger partial charge in [0.05, 0.1) is 6.54 Å². The van der Waals surface area contributed by atoms with E-state index in [1.54, 1.807) is 11.9 Å². The zero-order valence-corrected chi connectivity index (χ0v) is 13.4. The van der Waals surface area contributed by atoms with Gasteiger partial charge in [-0.05, 0) is 25.7 Å². The van der Waals surface area contributed by atoms with Crippen molar-refractivity contribution in [1.29, 1.82) is 0 Å². The van der Waals surface area contributed by atoms with Crippen LogP contribution in [-0.4, -0.2) is 60.9 Å². The Labute approximate surface area is 128 Å². The third-order valence-electron chi connectivity index (χ3n) is 4.66. The largest absolute Gasteiger partial charge is 0.341 e. The molecule has 0 heterocycles. The molecule has 0 radical (unpaired) electrons. The molecule has 5 nitrogen and oxygen atoms in total. The second-order valence-electron chi connectivity index (χ2n) is 6.52. The summed E-state index contributed by atoms with van der Waals surface area (Å²) in [6.07, 6.45) is 8.85. The molecule has 2 saturated carbocycles. The molecule has 0 aromatic carbocycles. The van der Waals surface area contributed by atoms with Crippen molar-refractivity contribution in [2.24, 2.45) is 0 Å². The molecule has 0 saturated heterocycles. The highest BCUT2D eigenvalue weighted by molar-refractivity contribution is 5.84. The van der Waals surface area contributed by atoms with Gasteiger partial charge in [-0.3, -0.25) is 9.59 Å². The van der Waals surface area contributed by atoms with Crippen LogP contribution < -0.4 is 5.32 Å². The molecule has 0 atom stereocenters. The monoisotopic (exact) mass is 295 g/mol. The molecule has 0 aliphatic heterocycles. The fourth-order valence-corrected chi connectivity index (χ4v) is 2.94. The molecule has 5 heteroatoms. The van der Waals surface area contributed by atoms with Gasteiger partial charge in [0.2, 0.25) is 11.8 Å². The van der Waals surface area contributed by atoms with Crippen LogP contribution in [0.1, 0.15) is 51.4 Å². The highest BCUT2D eigenvalue weighted by Crippen LogP contribution is 2.21. The van der Waals surface area contributed by atoms with Crippen LogP contribution in [0.15, 0.2) is 0 Å². The van der Waals surface area contributed by atoms with Crippen molar-refractivity contribution in [3.05, 3.63) is 0 Å². The summed E-state index contributed by atoms with van der Waals surface area (Å²) < 4.78 is 0. The van der Waals surface area contributed by atoms with Crippen molar-refractivity contribution in [2.75, 3.05) is 27.2 Å². The molecule has 2 aliphatic rings. The van der Waals surface area contributed by atoms with Gasteiger partial charge in [-0.2, -0.15) is 0 Å². The van der Waals surface area contributed by atoms with E-state index in [4.69, 9.17) is 0 Å². The number of hydrogen-bond donors (Lipinski definition) is 1. The Kier molecular flexibility index (Phi) is 6.03. The fraction of sp³-hybridized carbons (Fsp3) is 0.875. The van der Waals surface area contributed by atoms with E-state index in [0.29, 0.717) is 18.5 Å². The first-order chi connectivity index (χ1) is 10.1. The van der Waals surface area contributed by atoms with Gasteiger partial charge in [0, 0.05) is 39.1 Å². The topological polar surface area (TPSA) is 52.7 Å². The Morgan fingerprint density at radius 2 is 1.67 bits per heavy atom. The van der Waals surface area contributed by atoms with Gasteiger partial charge in [-0.1, -0.05) is 19.3 Å². The number of carbonyl (C=O) groups excluding carboxylic acids is 2. The summed E-state index contributed by atoms with van der Waals surface area (Å²) >= 11 is 0. The van der Waals surface area contributed by atoms with Crippen LogP contribution in [0.3, 0.4) is 0 Å². The lowest BCUT2D eigenvalue weighted by Crippen LogP contribution is -2.44. The molecule has 0 spiro atoms. The van der Waals surface area contributed by atoms with Crippen LogP contribution >= 0.6 is 0 Å². The van der Waals surface area contributed by atoms with Crippen molar-refractivity contribution in [3.63, 3.8) is 0 Å².